The summed E-state index contributed by atoms with van der Waals surface area (Å²) < 4.78 is 15.5. The van der Waals surface area contributed by atoms with Crippen LogP contribution in [0.5, 0.6) is 5.75 Å². The van der Waals surface area contributed by atoms with Gasteiger partial charge in [-0.25, -0.2) is 4.79 Å². The van der Waals surface area contributed by atoms with Crippen molar-refractivity contribution in [2.24, 2.45) is 0 Å². The van der Waals surface area contributed by atoms with Crippen LogP contribution in [-0.4, -0.2) is 44.8 Å². The second-order valence-electron chi connectivity index (χ2n) is 5.83. The molecule has 0 heterocycles. The number of methoxy groups -OCH3 is 1. The highest BCUT2D eigenvalue weighted by Crippen LogP contribution is 2.13. The standard InChI is InChI=1S/C21H25NO5/c1-3-26-21(24)19(15-16-7-5-4-6-8-16)22-20(23)17-9-11-18(12-10-17)27-14-13-25-2/h4-12,19H,3,13-15H2,1-2H3,(H,22,23). The zero-order valence-corrected chi connectivity index (χ0v) is 15.6. The van der Waals surface area contributed by atoms with E-state index >= 15 is 0 Å². The lowest BCUT2D eigenvalue weighted by molar-refractivity contribution is -0.145. The molecule has 0 aliphatic carbocycles. The predicted octanol–water partition coefficient (Wildman–Crippen LogP) is 2.62. The summed E-state index contributed by atoms with van der Waals surface area (Å²) in [6.07, 6.45) is 0.365. The van der Waals surface area contributed by atoms with E-state index in [4.69, 9.17) is 14.2 Å². The molecule has 0 saturated heterocycles. The van der Waals surface area contributed by atoms with Gasteiger partial charge >= 0.3 is 5.97 Å². The van der Waals surface area contributed by atoms with Crippen LogP contribution < -0.4 is 10.1 Å². The molecular formula is C21H25NO5. The third-order valence-corrected chi connectivity index (χ3v) is 3.83. The van der Waals surface area contributed by atoms with E-state index < -0.39 is 12.0 Å². The number of hydrogen-bond donors (Lipinski definition) is 1. The average Bonchev–Trinajstić information content (AvgIpc) is 2.69. The number of rotatable bonds is 10. The predicted molar refractivity (Wildman–Crippen MR) is 102 cm³/mol. The van der Waals surface area contributed by atoms with Crippen LogP contribution in [0, 0.1) is 0 Å². The van der Waals surface area contributed by atoms with Crippen molar-refractivity contribution < 1.29 is 23.8 Å². The Balaban J connectivity index is 2.02. The molecule has 144 valence electrons. The van der Waals surface area contributed by atoms with Crippen LogP contribution in [0.15, 0.2) is 54.6 Å². The highest BCUT2D eigenvalue weighted by Gasteiger charge is 2.23. The maximum absolute atomic E-state index is 12.5. The molecule has 1 amide bonds. The molecule has 2 rings (SSSR count). The van der Waals surface area contributed by atoms with Gasteiger partial charge in [0.15, 0.2) is 0 Å². The largest absolute Gasteiger partial charge is 0.491 e. The number of nitrogens with one attached hydrogen (secondary N) is 1. The Hall–Kier alpha value is -2.86. The number of carbonyl (C=O) groups excluding carboxylic acids is 2. The fourth-order valence-corrected chi connectivity index (χ4v) is 2.47. The van der Waals surface area contributed by atoms with Gasteiger partial charge in [0.2, 0.25) is 0 Å². The molecule has 0 aliphatic rings. The highest BCUT2D eigenvalue weighted by molar-refractivity contribution is 5.96. The lowest BCUT2D eigenvalue weighted by Crippen LogP contribution is -2.43. The molecule has 0 spiro atoms. The summed E-state index contributed by atoms with van der Waals surface area (Å²) in [6.45, 7) is 2.92. The Morgan fingerprint density at radius 3 is 2.33 bits per heavy atom. The second kappa shape index (κ2) is 11.0. The summed E-state index contributed by atoms with van der Waals surface area (Å²) in [7, 11) is 1.60. The van der Waals surface area contributed by atoms with Crippen molar-refractivity contribution in [2.75, 3.05) is 26.9 Å². The zero-order chi connectivity index (χ0) is 19.5. The first kappa shape index (κ1) is 20.5. The lowest BCUT2D eigenvalue weighted by atomic mass is 10.1. The van der Waals surface area contributed by atoms with Crippen molar-refractivity contribution in [3.05, 3.63) is 65.7 Å². The van der Waals surface area contributed by atoms with Crippen molar-refractivity contribution in [3.8, 4) is 5.75 Å². The van der Waals surface area contributed by atoms with Gasteiger partial charge in [-0.3, -0.25) is 4.79 Å². The van der Waals surface area contributed by atoms with E-state index in [1.165, 1.54) is 0 Å². The first-order valence-electron chi connectivity index (χ1n) is 8.87. The molecule has 0 fully saturated rings. The van der Waals surface area contributed by atoms with Crippen LogP contribution >= 0.6 is 0 Å². The quantitative estimate of drug-likeness (QED) is 0.513. The minimum Gasteiger partial charge on any atom is -0.491 e. The fourth-order valence-electron chi connectivity index (χ4n) is 2.47. The average molecular weight is 371 g/mol. The molecule has 2 aromatic carbocycles. The number of hydrogen-bond acceptors (Lipinski definition) is 5. The SMILES string of the molecule is CCOC(=O)C(Cc1ccccc1)NC(=O)c1ccc(OCCOC)cc1. The maximum Gasteiger partial charge on any atom is 0.328 e. The number of esters is 1. The first-order chi connectivity index (χ1) is 13.1. The molecular weight excluding hydrogens is 346 g/mol. The Morgan fingerprint density at radius 1 is 1.00 bits per heavy atom. The monoisotopic (exact) mass is 371 g/mol. The van der Waals surface area contributed by atoms with Gasteiger partial charge < -0.3 is 19.5 Å². The molecule has 1 N–H and O–H groups in total. The van der Waals surface area contributed by atoms with Crippen molar-refractivity contribution in [1.29, 1.82) is 0 Å². The summed E-state index contributed by atoms with van der Waals surface area (Å²) in [4.78, 5) is 24.8. The topological polar surface area (TPSA) is 73.9 Å². The third kappa shape index (κ3) is 6.75. The number of amides is 1. The summed E-state index contributed by atoms with van der Waals surface area (Å²) >= 11 is 0. The zero-order valence-electron chi connectivity index (χ0n) is 15.6. The van der Waals surface area contributed by atoms with Gasteiger partial charge in [-0.05, 0) is 36.8 Å². The third-order valence-electron chi connectivity index (χ3n) is 3.83. The van der Waals surface area contributed by atoms with Gasteiger partial charge in [0.1, 0.15) is 18.4 Å². The molecule has 0 bridgehead atoms. The van der Waals surface area contributed by atoms with Gasteiger partial charge in [0.25, 0.3) is 5.91 Å². The van der Waals surface area contributed by atoms with Gasteiger partial charge in [-0.15, -0.1) is 0 Å². The van der Waals surface area contributed by atoms with Crippen LogP contribution in [0.2, 0.25) is 0 Å². The van der Waals surface area contributed by atoms with Crippen molar-refractivity contribution in [3.63, 3.8) is 0 Å². The smallest absolute Gasteiger partial charge is 0.328 e. The lowest BCUT2D eigenvalue weighted by Gasteiger charge is -2.17. The maximum atomic E-state index is 12.5. The number of carbonyl (C=O) groups is 2. The van der Waals surface area contributed by atoms with Crippen LogP contribution in [0.4, 0.5) is 0 Å². The Kier molecular flexibility index (Phi) is 8.32. The van der Waals surface area contributed by atoms with E-state index in [2.05, 4.69) is 5.32 Å². The minimum absolute atomic E-state index is 0.257. The van der Waals surface area contributed by atoms with E-state index in [1.807, 2.05) is 30.3 Å². The van der Waals surface area contributed by atoms with E-state index in [0.717, 1.165) is 5.56 Å². The Morgan fingerprint density at radius 2 is 1.70 bits per heavy atom. The molecule has 27 heavy (non-hydrogen) atoms. The van der Waals surface area contributed by atoms with Gasteiger partial charge in [-0.2, -0.15) is 0 Å². The van der Waals surface area contributed by atoms with Gasteiger partial charge in [-0.1, -0.05) is 30.3 Å². The highest BCUT2D eigenvalue weighted by atomic mass is 16.5. The molecule has 6 nitrogen and oxygen atoms in total. The molecule has 0 radical (unpaired) electrons. The molecule has 6 heteroatoms. The van der Waals surface area contributed by atoms with E-state index in [0.29, 0.717) is 30.9 Å². The normalized spacial score (nSPS) is 11.5. The van der Waals surface area contributed by atoms with Crippen LogP contribution in [-0.2, 0) is 20.7 Å². The van der Waals surface area contributed by atoms with E-state index in [1.54, 1.807) is 38.3 Å². The summed E-state index contributed by atoms with van der Waals surface area (Å²) in [5.41, 5.74) is 1.38. The van der Waals surface area contributed by atoms with Crippen LogP contribution in [0.25, 0.3) is 0 Å². The molecule has 1 unspecified atom stereocenters. The van der Waals surface area contributed by atoms with Crippen LogP contribution in [0.3, 0.4) is 0 Å². The number of benzene rings is 2. The van der Waals surface area contributed by atoms with Crippen molar-refractivity contribution in [1.82, 2.24) is 5.32 Å². The van der Waals surface area contributed by atoms with Crippen molar-refractivity contribution in [2.45, 2.75) is 19.4 Å². The van der Waals surface area contributed by atoms with Crippen LogP contribution in [0.1, 0.15) is 22.8 Å². The van der Waals surface area contributed by atoms with Crippen molar-refractivity contribution >= 4 is 11.9 Å². The molecule has 1 atom stereocenters. The molecule has 0 aliphatic heterocycles. The molecule has 2 aromatic rings. The van der Waals surface area contributed by atoms with Gasteiger partial charge in [0, 0.05) is 19.1 Å². The first-order valence-corrected chi connectivity index (χ1v) is 8.87. The summed E-state index contributed by atoms with van der Waals surface area (Å²) in [6, 6.07) is 15.5. The second-order valence-corrected chi connectivity index (χ2v) is 5.83. The Bertz CT molecular complexity index is 715. The minimum atomic E-state index is -0.752. The van der Waals surface area contributed by atoms with E-state index in [-0.39, 0.29) is 12.5 Å². The van der Waals surface area contributed by atoms with E-state index in [9.17, 15) is 9.59 Å². The Labute approximate surface area is 159 Å². The molecule has 0 saturated carbocycles. The van der Waals surface area contributed by atoms with Gasteiger partial charge in [0.05, 0.1) is 13.2 Å². The molecule has 0 aromatic heterocycles. The fraction of sp³-hybridized carbons (Fsp3) is 0.333. The summed E-state index contributed by atoms with van der Waals surface area (Å²) in [5, 5.41) is 2.76. The number of ether oxygens (including phenoxy) is 3. The summed E-state index contributed by atoms with van der Waals surface area (Å²) in [5.74, 6) is -0.142.